The molecule has 6 heteroatoms. The fourth-order valence-electron chi connectivity index (χ4n) is 1.14. The molecule has 0 aromatic heterocycles. The Kier molecular flexibility index (Phi) is 5.23. The summed E-state index contributed by atoms with van der Waals surface area (Å²) in [5.41, 5.74) is 5.02. The van der Waals surface area contributed by atoms with E-state index < -0.39 is 21.2 Å². The van der Waals surface area contributed by atoms with Gasteiger partial charge >= 0.3 is 0 Å². The third kappa shape index (κ3) is 4.61. The van der Waals surface area contributed by atoms with Crippen LogP contribution in [0.15, 0.2) is 0 Å². The molecule has 0 rings (SSSR count). The molecule has 0 saturated carbocycles. The molecule has 0 fully saturated rings. The zero-order chi connectivity index (χ0) is 12.2. The summed E-state index contributed by atoms with van der Waals surface area (Å²) < 4.78 is 24.8. The Bertz CT molecular complexity index is 309. The molecule has 0 aliphatic rings. The molecular formula is C9H20N2O3S. The third-order valence-corrected chi connectivity index (χ3v) is 4.05. The molecule has 0 spiro atoms. The largest absolute Gasteiger partial charge is 0.369 e. The van der Waals surface area contributed by atoms with Crippen molar-refractivity contribution >= 4 is 15.9 Å². The molecule has 0 aromatic rings. The first kappa shape index (κ1) is 14.4. The van der Waals surface area contributed by atoms with Crippen LogP contribution in [-0.4, -0.2) is 37.0 Å². The molecule has 0 radical (unpaired) electrons. The molecule has 0 heterocycles. The van der Waals surface area contributed by atoms with E-state index in [0.717, 1.165) is 4.31 Å². The number of rotatable bonds is 6. The summed E-state index contributed by atoms with van der Waals surface area (Å²) >= 11 is 0. The quantitative estimate of drug-likeness (QED) is 0.713. The summed E-state index contributed by atoms with van der Waals surface area (Å²) in [7, 11) is -3.40. The van der Waals surface area contributed by atoms with Gasteiger partial charge in [0.2, 0.25) is 15.9 Å². The predicted molar refractivity (Wildman–Crippen MR) is 59.7 cm³/mol. The van der Waals surface area contributed by atoms with Gasteiger partial charge in [-0.2, -0.15) is 4.31 Å². The second-order valence-corrected chi connectivity index (χ2v) is 6.74. The van der Waals surface area contributed by atoms with E-state index in [9.17, 15) is 13.2 Å². The summed E-state index contributed by atoms with van der Waals surface area (Å²) in [6.45, 7) is 7.04. The van der Waals surface area contributed by atoms with E-state index >= 15 is 0 Å². The lowest BCUT2D eigenvalue weighted by atomic mass is 10.2. The highest BCUT2D eigenvalue weighted by molar-refractivity contribution is 7.89. The fourth-order valence-corrected chi connectivity index (χ4v) is 2.55. The Morgan fingerprint density at radius 1 is 1.27 bits per heavy atom. The summed E-state index contributed by atoms with van der Waals surface area (Å²) in [5.74, 6) is -0.460. The molecular weight excluding hydrogens is 216 g/mol. The SMILES string of the molecule is CC(C)CN(CC(N)=O)S(=O)(=O)C(C)C. The lowest BCUT2D eigenvalue weighted by Crippen LogP contribution is -2.43. The minimum absolute atomic E-state index is 0.165. The van der Waals surface area contributed by atoms with Gasteiger partial charge in [0, 0.05) is 6.54 Å². The predicted octanol–water partition coefficient (Wildman–Crippen LogP) is 0.168. The first-order valence-electron chi connectivity index (χ1n) is 4.95. The Morgan fingerprint density at radius 3 is 2.00 bits per heavy atom. The number of nitrogens with two attached hydrogens (primary N) is 1. The number of amides is 1. The van der Waals surface area contributed by atoms with E-state index in [2.05, 4.69) is 0 Å². The molecule has 90 valence electrons. The molecule has 5 nitrogen and oxygen atoms in total. The molecule has 15 heavy (non-hydrogen) atoms. The lowest BCUT2D eigenvalue weighted by molar-refractivity contribution is -0.118. The maximum atomic E-state index is 11.8. The van der Waals surface area contributed by atoms with Crippen LogP contribution in [-0.2, 0) is 14.8 Å². The van der Waals surface area contributed by atoms with Gasteiger partial charge < -0.3 is 5.73 Å². The monoisotopic (exact) mass is 236 g/mol. The molecule has 0 bridgehead atoms. The van der Waals surface area contributed by atoms with Crippen molar-refractivity contribution in [3.63, 3.8) is 0 Å². The van der Waals surface area contributed by atoms with Crippen LogP contribution in [0.25, 0.3) is 0 Å². The summed E-state index contributed by atoms with van der Waals surface area (Å²) in [6.07, 6.45) is 0. The minimum Gasteiger partial charge on any atom is -0.369 e. The van der Waals surface area contributed by atoms with Gasteiger partial charge in [-0.05, 0) is 19.8 Å². The van der Waals surface area contributed by atoms with Crippen LogP contribution in [0.2, 0.25) is 0 Å². The van der Waals surface area contributed by atoms with Crippen molar-refractivity contribution in [2.24, 2.45) is 11.7 Å². The molecule has 0 aliphatic heterocycles. The first-order chi connectivity index (χ1) is 6.67. The second-order valence-electron chi connectivity index (χ2n) is 4.25. The van der Waals surface area contributed by atoms with Crippen molar-refractivity contribution in [1.82, 2.24) is 4.31 Å². The van der Waals surface area contributed by atoms with Crippen LogP contribution in [0.4, 0.5) is 0 Å². The summed E-state index contributed by atoms with van der Waals surface area (Å²) in [4.78, 5) is 10.8. The molecule has 0 aliphatic carbocycles. The van der Waals surface area contributed by atoms with E-state index in [-0.39, 0.29) is 12.5 Å². The van der Waals surface area contributed by atoms with Crippen molar-refractivity contribution < 1.29 is 13.2 Å². The normalized spacial score (nSPS) is 12.7. The van der Waals surface area contributed by atoms with Crippen molar-refractivity contribution in [3.05, 3.63) is 0 Å². The maximum absolute atomic E-state index is 11.8. The van der Waals surface area contributed by atoms with Crippen molar-refractivity contribution in [3.8, 4) is 0 Å². The van der Waals surface area contributed by atoms with E-state index in [1.807, 2.05) is 13.8 Å². The lowest BCUT2D eigenvalue weighted by Gasteiger charge is -2.24. The second kappa shape index (κ2) is 5.46. The zero-order valence-corrected chi connectivity index (χ0v) is 10.5. The molecule has 0 atom stereocenters. The van der Waals surface area contributed by atoms with Crippen LogP contribution in [0.5, 0.6) is 0 Å². The molecule has 0 aromatic carbocycles. The standard InChI is InChI=1S/C9H20N2O3S/c1-7(2)5-11(6-9(10)12)15(13,14)8(3)4/h7-8H,5-6H2,1-4H3,(H2,10,12). The maximum Gasteiger partial charge on any atom is 0.232 e. The number of primary amides is 1. The number of hydrogen-bond donors (Lipinski definition) is 1. The van der Waals surface area contributed by atoms with Crippen LogP contribution >= 0.6 is 0 Å². The topological polar surface area (TPSA) is 80.5 Å². The molecule has 1 amide bonds. The highest BCUT2D eigenvalue weighted by Crippen LogP contribution is 2.10. The Balaban J connectivity index is 4.85. The van der Waals surface area contributed by atoms with Crippen LogP contribution in [0.3, 0.4) is 0 Å². The average molecular weight is 236 g/mol. The van der Waals surface area contributed by atoms with Crippen LogP contribution < -0.4 is 5.73 Å². The van der Waals surface area contributed by atoms with Gasteiger partial charge in [-0.25, -0.2) is 8.42 Å². The number of nitrogens with zero attached hydrogens (tertiary/aromatic N) is 1. The first-order valence-corrected chi connectivity index (χ1v) is 6.45. The highest BCUT2D eigenvalue weighted by atomic mass is 32.2. The Labute approximate surface area is 91.7 Å². The van der Waals surface area contributed by atoms with Gasteiger partial charge in [0.1, 0.15) is 0 Å². The van der Waals surface area contributed by atoms with Crippen molar-refractivity contribution in [2.45, 2.75) is 32.9 Å². The number of carbonyl (C=O) groups excluding carboxylic acids is 1. The van der Waals surface area contributed by atoms with E-state index in [0.29, 0.717) is 6.54 Å². The highest BCUT2D eigenvalue weighted by Gasteiger charge is 2.27. The molecule has 2 N–H and O–H groups in total. The van der Waals surface area contributed by atoms with Crippen LogP contribution in [0.1, 0.15) is 27.7 Å². The Morgan fingerprint density at radius 2 is 1.73 bits per heavy atom. The van der Waals surface area contributed by atoms with Gasteiger partial charge in [0.05, 0.1) is 11.8 Å². The van der Waals surface area contributed by atoms with E-state index in [1.54, 1.807) is 13.8 Å². The van der Waals surface area contributed by atoms with Crippen LogP contribution in [0, 0.1) is 5.92 Å². The smallest absolute Gasteiger partial charge is 0.232 e. The summed E-state index contributed by atoms with van der Waals surface area (Å²) in [6, 6.07) is 0. The zero-order valence-electron chi connectivity index (χ0n) is 9.73. The van der Waals surface area contributed by atoms with Gasteiger partial charge in [-0.1, -0.05) is 13.8 Å². The Hall–Kier alpha value is -0.620. The van der Waals surface area contributed by atoms with E-state index in [1.165, 1.54) is 0 Å². The minimum atomic E-state index is -3.40. The van der Waals surface area contributed by atoms with Crippen molar-refractivity contribution in [1.29, 1.82) is 0 Å². The number of carbonyl (C=O) groups is 1. The third-order valence-electron chi connectivity index (χ3n) is 1.86. The average Bonchev–Trinajstić information content (AvgIpc) is 2.00. The van der Waals surface area contributed by atoms with Gasteiger partial charge in [-0.3, -0.25) is 4.79 Å². The van der Waals surface area contributed by atoms with Gasteiger partial charge in [0.25, 0.3) is 0 Å². The fraction of sp³-hybridized carbons (Fsp3) is 0.889. The van der Waals surface area contributed by atoms with Gasteiger partial charge in [0.15, 0.2) is 0 Å². The number of hydrogen-bond acceptors (Lipinski definition) is 3. The van der Waals surface area contributed by atoms with Crippen molar-refractivity contribution in [2.75, 3.05) is 13.1 Å². The summed E-state index contributed by atoms with van der Waals surface area (Å²) in [5, 5.41) is -0.532. The van der Waals surface area contributed by atoms with Gasteiger partial charge in [-0.15, -0.1) is 0 Å². The molecule has 0 saturated heterocycles. The number of sulfonamides is 1. The van der Waals surface area contributed by atoms with E-state index in [4.69, 9.17) is 5.73 Å². The molecule has 0 unspecified atom stereocenters.